The molecule has 34 heavy (non-hydrogen) atoms. The number of rotatable bonds is 11. The predicted octanol–water partition coefficient (Wildman–Crippen LogP) is 2.82. The fourth-order valence-electron chi connectivity index (χ4n) is 2.51. The maximum atomic E-state index is 12.7. The van der Waals surface area contributed by atoms with Crippen molar-refractivity contribution >= 4 is 50.7 Å². The number of thiocarbonyl (C=S) groups is 1. The fourth-order valence-corrected chi connectivity index (χ4v) is 4.61. The summed E-state index contributed by atoms with van der Waals surface area (Å²) in [6, 6.07) is 7.89. The van der Waals surface area contributed by atoms with E-state index in [0.717, 1.165) is 4.88 Å². The minimum Gasteiger partial charge on any atom is -0.490 e. The first-order valence-electron chi connectivity index (χ1n) is 9.70. The number of amides is 1. The summed E-state index contributed by atoms with van der Waals surface area (Å²) >= 11 is 6.33. The summed E-state index contributed by atoms with van der Waals surface area (Å²) in [6.45, 7) is -1.14. The number of halogens is 3. The number of thiophene rings is 1. The first-order valence-corrected chi connectivity index (χ1v) is 12.5. The maximum Gasteiger partial charge on any atom is 0.522 e. The van der Waals surface area contributed by atoms with E-state index in [4.69, 9.17) is 17.0 Å². The molecule has 0 aliphatic rings. The second-order valence-electron chi connectivity index (χ2n) is 6.50. The molecule has 1 amide bonds. The molecule has 0 fully saturated rings. The van der Waals surface area contributed by atoms with Gasteiger partial charge in [-0.1, -0.05) is 12.1 Å². The van der Waals surface area contributed by atoms with E-state index in [-0.39, 0.29) is 34.6 Å². The van der Waals surface area contributed by atoms with Crippen LogP contribution in [0.3, 0.4) is 0 Å². The molecule has 8 nitrogen and oxygen atoms in total. The Kier molecular flexibility index (Phi) is 10.3. The van der Waals surface area contributed by atoms with Crippen LogP contribution in [-0.4, -0.2) is 52.6 Å². The highest BCUT2D eigenvalue weighted by Crippen LogP contribution is 2.26. The van der Waals surface area contributed by atoms with Crippen molar-refractivity contribution in [3.63, 3.8) is 0 Å². The van der Waals surface area contributed by atoms with Gasteiger partial charge < -0.3 is 15.4 Å². The average molecular weight is 538 g/mol. The van der Waals surface area contributed by atoms with Crippen LogP contribution in [0.2, 0.25) is 0 Å². The van der Waals surface area contributed by atoms with Gasteiger partial charge in [0.1, 0.15) is 17.3 Å². The highest BCUT2D eigenvalue weighted by molar-refractivity contribution is 7.92. The van der Waals surface area contributed by atoms with Crippen molar-refractivity contribution in [2.45, 2.75) is 17.7 Å². The van der Waals surface area contributed by atoms with Gasteiger partial charge in [-0.3, -0.25) is 14.3 Å². The Morgan fingerprint density at radius 1 is 1.24 bits per heavy atom. The van der Waals surface area contributed by atoms with Gasteiger partial charge in [0.2, 0.25) is 5.91 Å². The Morgan fingerprint density at radius 2 is 2.00 bits per heavy atom. The molecule has 2 rings (SSSR count). The summed E-state index contributed by atoms with van der Waals surface area (Å²) in [4.78, 5) is 12.6. The molecule has 0 radical (unpaired) electrons. The predicted molar refractivity (Wildman–Crippen MR) is 126 cm³/mol. The molecule has 1 aromatic carbocycles. The van der Waals surface area contributed by atoms with Crippen molar-refractivity contribution in [3.8, 4) is 5.75 Å². The van der Waals surface area contributed by atoms with E-state index in [1.165, 1.54) is 36.6 Å². The van der Waals surface area contributed by atoms with Crippen molar-refractivity contribution in [2.75, 3.05) is 26.8 Å². The van der Waals surface area contributed by atoms with Crippen LogP contribution in [-0.2, 0) is 26.0 Å². The van der Waals surface area contributed by atoms with Gasteiger partial charge in [-0.05, 0) is 53.9 Å². The van der Waals surface area contributed by atoms with E-state index in [0.29, 0.717) is 5.56 Å². The number of hydrogen-bond donors (Lipinski definition) is 3. The first-order chi connectivity index (χ1) is 16.0. The van der Waals surface area contributed by atoms with Gasteiger partial charge in [0.25, 0.3) is 10.0 Å². The molecule has 0 saturated heterocycles. The summed E-state index contributed by atoms with van der Waals surface area (Å²) in [5.74, 6) is -0.490. The Labute approximate surface area is 204 Å². The zero-order chi connectivity index (χ0) is 25.2. The Balaban J connectivity index is 2.07. The Hall–Kier alpha value is -2.68. The number of sulfonamides is 1. The molecule has 0 bridgehead atoms. The molecule has 14 heteroatoms. The zero-order valence-electron chi connectivity index (χ0n) is 17.8. The molecule has 0 saturated carbocycles. The molecule has 186 valence electrons. The molecule has 0 unspecified atom stereocenters. The fraction of sp³-hybridized carbons (Fsp3) is 0.300. The monoisotopic (exact) mass is 537 g/mol. The molecular weight excluding hydrogens is 515 g/mol. The molecule has 1 aromatic heterocycles. The smallest absolute Gasteiger partial charge is 0.490 e. The number of alkyl halides is 3. The van der Waals surface area contributed by atoms with E-state index in [9.17, 15) is 26.4 Å². The molecular formula is C20H22F3N3O5S3. The van der Waals surface area contributed by atoms with Crippen LogP contribution in [0, 0.1) is 0 Å². The van der Waals surface area contributed by atoms with Gasteiger partial charge >= 0.3 is 6.36 Å². The van der Waals surface area contributed by atoms with Gasteiger partial charge in [0, 0.05) is 24.5 Å². The normalized spacial score (nSPS) is 11.9. The van der Waals surface area contributed by atoms with E-state index in [1.54, 1.807) is 12.1 Å². The number of nitrogens with one attached hydrogen (secondary N) is 3. The van der Waals surface area contributed by atoms with Gasteiger partial charge in [-0.25, -0.2) is 8.42 Å². The maximum absolute atomic E-state index is 12.7. The van der Waals surface area contributed by atoms with Crippen LogP contribution < -0.4 is 20.1 Å². The quantitative estimate of drug-likeness (QED) is 0.230. The molecule has 0 atom stereocenters. The van der Waals surface area contributed by atoms with Crippen LogP contribution in [0.5, 0.6) is 5.75 Å². The van der Waals surface area contributed by atoms with Crippen molar-refractivity contribution in [1.29, 1.82) is 0 Å². The van der Waals surface area contributed by atoms with E-state index < -0.39 is 29.6 Å². The first kappa shape index (κ1) is 27.6. The highest BCUT2D eigenvalue weighted by Gasteiger charge is 2.29. The third kappa shape index (κ3) is 9.67. The van der Waals surface area contributed by atoms with Crippen LogP contribution in [0.25, 0.3) is 6.08 Å². The minimum absolute atomic E-state index is 0.177. The van der Waals surface area contributed by atoms with Crippen molar-refractivity contribution in [1.82, 2.24) is 15.4 Å². The van der Waals surface area contributed by atoms with E-state index in [2.05, 4.69) is 20.1 Å². The lowest BCUT2D eigenvalue weighted by atomic mass is 10.1. The van der Waals surface area contributed by atoms with Crippen LogP contribution in [0.4, 0.5) is 13.2 Å². The Morgan fingerprint density at radius 3 is 2.65 bits per heavy atom. The average Bonchev–Trinajstić information content (AvgIpc) is 3.28. The molecule has 2 aromatic rings. The minimum atomic E-state index is -4.83. The van der Waals surface area contributed by atoms with Gasteiger partial charge in [0.05, 0.1) is 6.61 Å². The third-order valence-corrected chi connectivity index (χ3v) is 6.66. The van der Waals surface area contributed by atoms with Crippen molar-refractivity contribution in [3.05, 3.63) is 52.2 Å². The highest BCUT2D eigenvalue weighted by atomic mass is 32.2. The number of hydrogen-bond acceptors (Lipinski definition) is 7. The molecule has 0 aliphatic carbocycles. The van der Waals surface area contributed by atoms with Crippen LogP contribution in [0.1, 0.15) is 10.4 Å². The summed E-state index contributed by atoms with van der Waals surface area (Å²) < 4.78 is 72.9. The zero-order valence-corrected chi connectivity index (χ0v) is 20.3. The lowest BCUT2D eigenvalue weighted by molar-refractivity contribution is -0.325. The van der Waals surface area contributed by atoms with Crippen molar-refractivity contribution in [2.24, 2.45) is 0 Å². The molecule has 0 aliphatic heterocycles. The lowest BCUT2D eigenvalue weighted by Crippen LogP contribution is -2.37. The summed E-state index contributed by atoms with van der Waals surface area (Å²) in [5, 5.41) is 6.87. The number of carbonyl (C=O) groups is 1. The summed E-state index contributed by atoms with van der Waals surface area (Å²) in [7, 11) is -2.79. The summed E-state index contributed by atoms with van der Waals surface area (Å²) in [5.41, 5.74) is 0.539. The Bertz CT molecular complexity index is 1100. The number of ether oxygens (including phenoxy) is 2. The van der Waals surface area contributed by atoms with Crippen molar-refractivity contribution < 1.29 is 35.9 Å². The topological polar surface area (TPSA) is 106 Å². The van der Waals surface area contributed by atoms with E-state index in [1.807, 2.05) is 17.5 Å². The molecule has 0 spiro atoms. The molecule has 1 heterocycles. The van der Waals surface area contributed by atoms with Gasteiger partial charge in [0.15, 0.2) is 5.11 Å². The lowest BCUT2D eigenvalue weighted by Gasteiger charge is -2.15. The standard InChI is InChI=1S/C20H22F3N3O5S3/c1-24-19(32)26-34(28,29)17-13-14(4-6-16(17)30-10-11-31-20(21,22)23)8-9-25-18(27)7-5-15-3-2-12-33-15/h2-7,12-13H,8-11H2,1H3,(H,25,27)(H2,24,26,32). The number of carbonyl (C=O) groups excluding carboxylic acids is 1. The molecule has 3 N–H and O–H groups in total. The van der Waals surface area contributed by atoms with Crippen LogP contribution >= 0.6 is 23.6 Å². The summed E-state index contributed by atoms with van der Waals surface area (Å²) in [6.07, 6.45) is -1.47. The third-order valence-electron chi connectivity index (χ3n) is 4.01. The van der Waals surface area contributed by atoms with Gasteiger partial charge in [-0.2, -0.15) is 0 Å². The van der Waals surface area contributed by atoms with Gasteiger partial charge in [-0.15, -0.1) is 24.5 Å². The van der Waals surface area contributed by atoms with E-state index >= 15 is 0 Å². The second-order valence-corrected chi connectivity index (χ2v) is 9.54. The SMILES string of the molecule is CNC(=S)NS(=O)(=O)c1cc(CCNC(=O)C=Cc2cccs2)ccc1OCCOC(F)(F)F. The number of benzene rings is 1. The second kappa shape index (κ2) is 12.7. The largest absolute Gasteiger partial charge is 0.522 e. The van der Waals surface area contributed by atoms with Crippen LogP contribution in [0.15, 0.2) is 46.7 Å².